The standard InChI is InChI=1S/C17H22N2O2/c1-3-4-11-21-12-10-18-13-15-9-8-14-6-5-7-16(20-2)17(14)19-15/h3,5-9,18H,1,4,10-13H2,2H3. The molecule has 0 saturated carbocycles. The van der Waals surface area contributed by atoms with Crippen molar-refractivity contribution >= 4 is 10.9 Å². The summed E-state index contributed by atoms with van der Waals surface area (Å²) in [5.41, 5.74) is 1.90. The Labute approximate surface area is 125 Å². The Balaban J connectivity index is 1.86. The molecule has 1 N–H and O–H groups in total. The summed E-state index contributed by atoms with van der Waals surface area (Å²) >= 11 is 0. The highest BCUT2D eigenvalue weighted by Gasteiger charge is 2.03. The third kappa shape index (κ3) is 4.55. The average molecular weight is 286 g/mol. The van der Waals surface area contributed by atoms with Crippen LogP contribution in [0.4, 0.5) is 0 Å². The first kappa shape index (κ1) is 15.5. The number of rotatable bonds is 9. The second kappa shape index (κ2) is 8.39. The average Bonchev–Trinajstić information content (AvgIpc) is 2.53. The number of aromatic nitrogens is 1. The van der Waals surface area contributed by atoms with E-state index < -0.39 is 0 Å². The van der Waals surface area contributed by atoms with E-state index in [1.165, 1.54) is 0 Å². The Kier molecular flexibility index (Phi) is 6.19. The number of hydrogen-bond acceptors (Lipinski definition) is 4. The fourth-order valence-electron chi connectivity index (χ4n) is 2.05. The molecule has 112 valence electrons. The van der Waals surface area contributed by atoms with Crippen LogP contribution >= 0.6 is 0 Å². The lowest BCUT2D eigenvalue weighted by atomic mass is 10.2. The second-order valence-corrected chi connectivity index (χ2v) is 4.70. The Morgan fingerprint density at radius 3 is 2.95 bits per heavy atom. The molecule has 0 spiro atoms. The number of benzene rings is 1. The van der Waals surface area contributed by atoms with Gasteiger partial charge in [-0.2, -0.15) is 0 Å². The van der Waals surface area contributed by atoms with Gasteiger partial charge >= 0.3 is 0 Å². The molecule has 1 heterocycles. The Hall–Kier alpha value is -1.91. The highest BCUT2D eigenvalue weighted by molar-refractivity contribution is 5.84. The summed E-state index contributed by atoms with van der Waals surface area (Å²) in [7, 11) is 1.67. The molecule has 4 nitrogen and oxygen atoms in total. The van der Waals surface area contributed by atoms with Crippen molar-refractivity contribution in [2.24, 2.45) is 0 Å². The lowest BCUT2D eigenvalue weighted by Gasteiger charge is -2.08. The van der Waals surface area contributed by atoms with E-state index in [1.54, 1.807) is 7.11 Å². The van der Waals surface area contributed by atoms with E-state index >= 15 is 0 Å². The van der Waals surface area contributed by atoms with Crippen LogP contribution in [0.5, 0.6) is 5.75 Å². The van der Waals surface area contributed by atoms with Crippen LogP contribution < -0.4 is 10.1 Å². The molecule has 0 fully saturated rings. The molecule has 2 aromatic rings. The molecular weight excluding hydrogens is 264 g/mol. The van der Waals surface area contributed by atoms with Crippen molar-refractivity contribution in [3.05, 3.63) is 48.7 Å². The molecule has 0 saturated heterocycles. The largest absolute Gasteiger partial charge is 0.494 e. The third-order valence-corrected chi connectivity index (χ3v) is 3.16. The first-order valence-corrected chi connectivity index (χ1v) is 7.17. The predicted octanol–water partition coefficient (Wildman–Crippen LogP) is 2.93. The molecule has 4 heteroatoms. The predicted molar refractivity (Wildman–Crippen MR) is 85.6 cm³/mol. The SMILES string of the molecule is C=CCCOCCNCc1ccc2cccc(OC)c2n1. The van der Waals surface area contributed by atoms with Crippen LogP contribution in [0.15, 0.2) is 43.0 Å². The molecule has 0 atom stereocenters. The molecule has 0 radical (unpaired) electrons. The van der Waals surface area contributed by atoms with Gasteiger partial charge in [0.15, 0.2) is 0 Å². The minimum Gasteiger partial charge on any atom is -0.494 e. The number of methoxy groups -OCH3 is 1. The zero-order chi connectivity index (χ0) is 14.9. The number of hydrogen-bond donors (Lipinski definition) is 1. The molecule has 0 aliphatic heterocycles. The Morgan fingerprint density at radius 2 is 2.14 bits per heavy atom. The van der Waals surface area contributed by atoms with E-state index in [1.807, 2.05) is 30.3 Å². The topological polar surface area (TPSA) is 43.4 Å². The minimum absolute atomic E-state index is 0.699. The van der Waals surface area contributed by atoms with Gasteiger partial charge in [0, 0.05) is 18.5 Å². The van der Waals surface area contributed by atoms with E-state index in [4.69, 9.17) is 9.47 Å². The molecule has 1 aromatic heterocycles. The van der Waals surface area contributed by atoms with Gasteiger partial charge in [-0.1, -0.05) is 24.3 Å². The fourth-order valence-corrected chi connectivity index (χ4v) is 2.05. The van der Waals surface area contributed by atoms with Gasteiger partial charge in [0.2, 0.25) is 0 Å². The molecular formula is C17H22N2O2. The maximum absolute atomic E-state index is 5.44. The van der Waals surface area contributed by atoms with Crippen LogP contribution in [0.3, 0.4) is 0 Å². The first-order chi connectivity index (χ1) is 10.3. The summed E-state index contributed by atoms with van der Waals surface area (Å²) in [4.78, 5) is 4.65. The summed E-state index contributed by atoms with van der Waals surface area (Å²) in [5.74, 6) is 0.808. The van der Waals surface area contributed by atoms with E-state index in [0.29, 0.717) is 6.61 Å². The van der Waals surface area contributed by atoms with Crippen LogP contribution in [0.1, 0.15) is 12.1 Å². The molecule has 0 bridgehead atoms. The van der Waals surface area contributed by atoms with E-state index in [9.17, 15) is 0 Å². The molecule has 2 rings (SSSR count). The summed E-state index contributed by atoms with van der Waals surface area (Å²) in [6, 6.07) is 10.0. The third-order valence-electron chi connectivity index (χ3n) is 3.16. The minimum atomic E-state index is 0.699. The van der Waals surface area contributed by atoms with E-state index in [-0.39, 0.29) is 0 Å². The van der Waals surface area contributed by atoms with Crippen molar-refractivity contribution in [1.82, 2.24) is 10.3 Å². The number of fused-ring (bicyclic) bond motifs is 1. The molecule has 0 aliphatic carbocycles. The first-order valence-electron chi connectivity index (χ1n) is 7.17. The highest BCUT2D eigenvalue weighted by Crippen LogP contribution is 2.23. The van der Waals surface area contributed by atoms with Gasteiger partial charge in [0.25, 0.3) is 0 Å². The van der Waals surface area contributed by atoms with E-state index in [2.05, 4.69) is 22.9 Å². The van der Waals surface area contributed by atoms with Gasteiger partial charge in [0.1, 0.15) is 11.3 Å². The zero-order valence-electron chi connectivity index (χ0n) is 12.5. The highest BCUT2D eigenvalue weighted by atomic mass is 16.5. The number of pyridine rings is 1. The van der Waals surface area contributed by atoms with Gasteiger partial charge in [-0.3, -0.25) is 0 Å². The summed E-state index contributed by atoms with van der Waals surface area (Å²) in [6.07, 6.45) is 2.76. The molecule has 0 unspecified atom stereocenters. The maximum atomic E-state index is 5.44. The van der Waals surface area contributed by atoms with Crippen LogP contribution in [-0.4, -0.2) is 31.9 Å². The second-order valence-electron chi connectivity index (χ2n) is 4.70. The summed E-state index contributed by atoms with van der Waals surface area (Å²) in [5, 5.41) is 4.42. The van der Waals surface area contributed by atoms with Crippen molar-refractivity contribution in [2.45, 2.75) is 13.0 Å². The normalized spacial score (nSPS) is 10.7. The van der Waals surface area contributed by atoms with Crippen molar-refractivity contribution < 1.29 is 9.47 Å². The van der Waals surface area contributed by atoms with Gasteiger partial charge in [-0.25, -0.2) is 4.98 Å². The molecule has 0 amide bonds. The molecule has 21 heavy (non-hydrogen) atoms. The lowest BCUT2D eigenvalue weighted by molar-refractivity contribution is 0.140. The van der Waals surface area contributed by atoms with Crippen molar-refractivity contribution in [3.8, 4) is 5.75 Å². The maximum Gasteiger partial charge on any atom is 0.145 e. The van der Waals surface area contributed by atoms with Gasteiger partial charge < -0.3 is 14.8 Å². The monoisotopic (exact) mass is 286 g/mol. The summed E-state index contributed by atoms with van der Waals surface area (Å²) < 4.78 is 10.8. The van der Waals surface area contributed by atoms with Crippen LogP contribution in [0, 0.1) is 0 Å². The van der Waals surface area contributed by atoms with E-state index in [0.717, 1.165) is 48.5 Å². The van der Waals surface area contributed by atoms with Gasteiger partial charge in [-0.15, -0.1) is 6.58 Å². The Bertz CT molecular complexity index is 584. The molecule has 0 aliphatic rings. The number of nitrogens with one attached hydrogen (secondary N) is 1. The molecule has 1 aromatic carbocycles. The van der Waals surface area contributed by atoms with Gasteiger partial charge in [0.05, 0.1) is 26.0 Å². The van der Waals surface area contributed by atoms with Crippen LogP contribution in [-0.2, 0) is 11.3 Å². The number of ether oxygens (including phenoxy) is 2. The summed E-state index contributed by atoms with van der Waals surface area (Å²) in [6.45, 7) is 6.62. The smallest absolute Gasteiger partial charge is 0.145 e. The quantitative estimate of drug-likeness (QED) is 0.568. The zero-order valence-corrected chi connectivity index (χ0v) is 12.5. The fraction of sp³-hybridized carbons (Fsp3) is 0.353. The van der Waals surface area contributed by atoms with Crippen LogP contribution in [0.25, 0.3) is 10.9 Å². The van der Waals surface area contributed by atoms with Crippen molar-refractivity contribution in [3.63, 3.8) is 0 Å². The number of nitrogens with zero attached hydrogens (tertiary/aromatic N) is 1. The number of para-hydroxylation sites is 1. The van der Waals surface area contributed by atoms with Crippen molar-refractivity contribution in [2.75, 3.05) is 26.9 Å². The lowest BCUT2D eigenvalue weighted by Crippen LogP contribution is -2.20. The van der Waals surface area contributed by atoms with Crippen LogP contribution in [0.2, 0.25) is 0 Å². The Morgan fingerprint density at radius 1 is 1.24 bits per heavy atom. The van der Waals surface area contributed by atoms with Crippen molar-refractivity contribution in [1.29, 1.82) is 0 Å². The van der Waals surface area contributed by atoms with Gasteiger partial charge in [-0.05, 0) is 18.6 Å².